The molecular weight excluding hydrogens is 392 g/mol. The van der Waals surface area contributed by atoms with Gasteiger partial charge in [-0.2, -0.15) is 0 Å². The molecule has 1 unspecified atom stereocenters. The molecule has 1 fully saturated rings. The monoisotopic (exact) mass is 419 g/mol. The Morgan fingerprint density at radius 3 is 2.53 bits per heavy atom. The Balaban J connectivity index is 1.81. The van der Waals surface area contributed by atoms with Gasteiger partial charge in [0.15, 0.2) is 0 Å². The molecule has 2 N–H and O–H groups in total. The summed E-state index contributed by atoms with van der Waals surface area (Å²) in [5.41, 5.74) is 5.96. The van der Waals surface area contributed by atoms with Crippen LogP contribution in [0, 0.1) is 5.92 Å². The number of methoxy groups -OCH3 is 1. The van der Waals surface area contributed by atoms with E-state index in [0.717, 1.165) is 32.1 Å². The van der Waals surface area contributed by atoms with Crippen molar-refractivity contribution in [1.29, 1.82) is 0 Å². The Morgan fingerprint density at radius 2 is 1.97 bits per heavy atom. The number of nitrogens with zero attached hydrogens (tertiary/aromatic N) is 2. The zero-order valence-electron chi connectivity index (χ0n) is 17.2. The highest BCUT2D eigenvalue weighted by atomic mass is 19.3. The molecule has 3 rings (SSSR count). The van der Waals surface area contributed by atoms with Crippen molar-refractivity contribution in [2.75, 3.05) is 7.11 Å². The highest BCUT2D eigenvalue weighted by Gasteiger charge is 2.32. The van der Waals surface area contributed by atoms with Gasteiger partial charge in [0.2, 0.25) is 11.8 Å². The van der Waals surface area contributed by atoms with Crippen LogP contribution in [0.4, 0.5) is 8.78 Å². The third kappa shape index (κ3) is 4.37. The van der Waals surface area contributed by atoms with Crippen molar-refractivity contribution < 1.29 is 18.3 Å². The number of amides is 1. The number of primary amides is 1. The van der Waals surface area contributed by atoms with E-state index in [4.69, 9.17) is 10.5 Å². The Morgan fingerprint density at radius 1 is 1.27 bits per heavy atom. The quantitative estimate of drug-likeness (QED) is 0.728. The lowest BCUT2D eigenvalue weighted by molar-refractivity contribution is 0.0998. The lowest BCUT2D eigenvalue weighted by Gasteiger charge is -2.35. The van der Waals surface area contributed by atoms with Crippen LogP contribution in [0.3, 0.4) is 0 Å². The predicted octanol–water partition coefficient (Wildman–Crippen LogP) is 4.21. The van der Waals surface area contributed by atoms with E-state index < -0.39 is 12.3 Å². The smallest absolute Gasteiger partial charge is 0.269 e. The molecule has 1 aliphatic carbocycles. The van der Waals surface area contributed by atoms with E-state index in [-0.39, 0.29) is 34.9 Å². The molecule has 0 spiro atoms. The van der Waals surface area contributed by atoms with Crippen LogP contribution in [-0.4, -0.2) is 22.6 Å². The molecule has 8 heteroatoms. The average Bonchev–Trinajstić information content (AvgIpc) is 2.75. The number of pyridine rings is 2. The zero-order valence-corrected chi connectivity index (χ0v) is 17.2. The molecule has 30 heavy (non-hydrogen) atoms. The standard InChI is InChI=1S/C22H27F2N3O3/c1-3-17(27-12-15(21(25)29)8-9-18(27)28)14-6-4-13(5-7-14)16-10-11-26-22(30-2)19(16)20(23)24/h8-14,17,20H,3-7H2,1-2H3,(H2,25,29). The fourth-order valence-corrected chi connectivity index (χ4v) is 4.69. The molecule has 2 heterocycles. The van der Waals surface area contributed by atoms with E-state index in [1.165, 1.54) is 31.6 Å². The van der Waals surface area contributed by atoms with Crippen LogP contribution in [0.5, 0.6) is 5.88 Å². The summed E-state index contributed by atoms with van der Waals surface area (Å²) in [6.45, 7) is 2.00. The number of rotatable bonds is 7. The van der Waals surface area contributed by atoms with Crippen molar-refractivity contribution in [3.63, 3.8) is 0 Å². The first-order chi connectivity index (χ1) is 14.4. The molecule has 2 aromatic rings. The van der Waals surface area contributed by atoms with E-state index in [9.17, 15) is 18.4 Å². The fourth-order valence-electron chi connectivity index (χ4n) is 4.69. The Kier molecular flexibility index (Phi) is 6.84. The van der Waals surface area contributed by atoms with Crippen molar-refractivity contribution in [1.82, 2.24) is 9.55 Å². The number of nitrogens with two attached hydrogens (primary N) is 1. The Bertz CT molecular complexity index is 953. The first kappa shape index (κ1) is 21.9. The third-order valence-corrected chi connectivity index (χ3v) is 6.15. The highest BCUT2D eigenvalue weighted by Crippen LogP contribution is 2.44. The summed E-state index contributed by atoms with van der Waals surface area (Å²) in [5, 5.41) is 0. The van der Waals surface area contributed by atoms with Crippen LogP contribution in [0.1, 0.15) is 78.9 Å². The van der Waals surface area contributed by atoms with Crippen molar-refractivity contribution in [2.45, 2.75) is 57.4 Å². The van der Waals surface area contributed by atoms with Gasteiger partial charge in [-0.1, -0.05) is 6.92 Å². The van der Waals surface area contributed by atoms with E-state index >= 15 is 0 Å². The molecule has 1 atom stereocenters. The van der Waals surface area contributed by atoms with Crippen LogP contribution in [0.15, 0.2) is 35.4 Å². The molecule has 162 valence electrons. The molecule has 1 amide bonds. The van der Waals surface area contributed by atoms with Gasteiger partial charge in [-0.15, -0.1) is 0 Å². The van der Waals surface area contributed by atoms with Crippen molar-refractivity contribution in [2.24, 2.45) is 11.7 Å². The molecule has 1 saturated carbocycles. The number of aromatic nitrogens is 2. The van der Waals surface area contributed by atoms with Crippen LogP contribution < -0.4 is 16.0 Å². The summed E-state index contributed by atoms with van der Waals surface area (Å²) >= 11 is 0. The largest absolute Gasteiger partial charge is 0.481 e. The van der Waals surface area contributed by atoms with Gasteiger partial charge in [-0.25, -0.2) is 13.8 Å². The minimum absolute atomic E-state index is 0.00617. The maximum Gasteiger partial charge on any atom is 0.269 e. The lowest BCUT2D eigenvalue weighted by Crippen LogP contribution is -2.31. The van der Waals surface area contributed by atoms with Gasteiger partial charge in [-0.3, -0.25) is 9.59 Å². The van der Waals surface area contributed by atoms with Crippen molar-refractivity contribution in [3.05, 3.63) is 57.6 Å². The van der Waals surface area contributed by atoms with Gasteiger partial charge in [0.05, 0.1) is 18.2 Å². The van der Waals surface area contributed by atoms with Gasteiger partial charge in [0.25, 0.3) is 12.0 Å². The zero-order chi connectivity index (χ0) is 21.8. The number of carbonyl (C=O) groups excluding carboxylic acids is 1. The van der Waals surface area contributed by atoms with Crippen LogP contribution >= 0.6 is 0 Å². The number of alkyl halides is 2. The summed E-state index contributed by atoms with van der Waals surface area (Å²) in [4.78, 5) is 27.9. The van der Waals surface area contributed by atoms with E-state index in [1.807, 2.05) is 6.92 Å². The molecule has 0 saturated heterocycles. The van der Waals surface area contributed by atoms with Gasteiger partial charge in [0.1, 0.15) is 0 Å². The second-order valence-corrected chi connectivity index (χ2v) is 7.74. The molecule has 0 aliphatic heterocycles. The summed E-state index contributed by atoms with van der Waals surface area (Å²) < 4.78 is 34.0. The van der Waals surface area contributed by atoms with Gasteiger partial charge in [-0.05, 0) is 61.6 Å². The second kappa shape index (κ2) is 9.36. The summed E-state index contributed by atoms with van der Waals surface area (Å²) in [5.74, 6) is -0.390. The summed E-state index contributed by atoms with van der Waals surface area (Å²) in [7, 11) is 1.35. The molecule has 0 radical (unpaired) electrons. The first-order valence-corrected chi connectivity index (χ1v) is 10.2. The Labute approximate surface area is 174 Å². The average molecular weight is 419 g/mol. The minimum atomic E-state index is -2.65. The molecule has 0 aromatic carbocycles. The summed E-state index contributed by atoms with van der Waals surface area (Å²) in [6.07, 6.45) is 4.18. The Hall–Kier alpha value is -2.77. The van der Waals surface area contributed by atoms with Gasteiger partial charge >= 0.3 is 0 Å². The van der Waals surface area contributed by atoms with Crippen LogP contribution in [0.25, 0.3) is 0 Å². The van der Waals surface area contributed by atoms with E-state index in [0.29, 0.717) is 11.1 Å². The first-order valence-electron chi connectivity index (χ1n) is 10.2. The molecule has 2 aromatic heterocycles. The number of carbonyl (C=O) groups is 1. The van der Waals surface area contributed by atoms with E-state index in [2.05, 4.69) is 4.98 Å². The SMILES string of the molecule is CCC(C1CCC(c2ccnc(OC)c2C(F)F)CC1)n1cc(C(N)=O)ccc1=O. The lowest BCUT2D eigenvalue weighted by atomic mass is 9.74. The van der Waals surface area contributed by atoms with Crippen molar-refractivity contribution in [3.8, 4) is 5.88 Å². The topological polar surface area (TPSA) is 87.2 Å². The number of hydrogen-bond acceptors (Lipinski definition) is 4. The number of halogens is 2. The molecule has 6 nitrogen and oxygen atoms in total. The molecular formula is C22H27F2N3O3. The number of hydrogen-bond donors (Lipinski definition) is 1. The second-order valence-electron chi connectivity index (χ2n) is 7.74. The molecule has 1 aliphatic rings. The maximum absolute atomic E-state index is 13.7. The minimum Gasteiger partial charge on any atom is -0.481 e. The highest BCUT2D eigenvalue weighted by molar-refractivity contribution is 5.92. The predicted molar refractivity (Wildman–Crippen MR) is 109 cm³/mol. The van der Waals surface area contributed by atoms with Gasteiger partial charge in [0, 0.05) is 24.5 Å². The van der Waals surface area contributed by atoms with Crippen LogP contribution in [0.2, 0.25) is 0 Å². The maximum atomic E-state index is 13.7. The van der Waals surface area contributed by atoms with E-state index in [1.54, 1.807) is 10.6 Å². The van der Waals surface area contributed by atoms with Gasteiger partial charge < -0.3 is 15.0 Å². The normalized spacial score (nSPS) is 20.2. The fraction of sp³-hybridized carbons (Fsp3) is 0.500. The van der Waals surface area contributed by atoms with Crippen molar-refractivity contribution >= 4 is 5.91 Å². The van der Waals surface area contributed by atoms with Crippen LogP contribution in [-0.2, 0) is 0 Å². The number of ether oxygens (including phenoxy) is 1. The molecule has 0 bridgehead atoms. The summed E-state index contributed by atoms with van der Waals surface area (Å²) in [6, 6.07) is 4.40. The third-order valence-electron chi connectivity index (χ3n) is 6.15.